The molecule has 2 heterocycles. The number of halogens is 1. The van der Waals surface area contributed by atoms with E-state index < -0.39 is 11.2 Å². The third-order valence-corrected chi connectivity index (χ3v) is 3.17. The second kappa shape index (κ2) is 4.45. The second-order valence-electron chi connectivity index (χ2n) is 4.12. The molecule has 6 nitrogen and oxygen atoms in total. The summed E-state index contributed by atoms with van der Waals surface area (Å²) < 4.78 is 2.82. The molecular formula is C11H13ClN4O2. The van der Waals surface area contributed by atoms with Gasteiger partial charge in [-0.3, -0.25) is 19.0 Å². The van der Waals surface area contributed by atoms with Crippen LogP contribution >= 0.6 is 11.6 Å². The summed E-state index contributed by atoms with van der Waals surface area (Å²) in [5, 5.41) is 4.29. The molecule has 2 aromatic rings. The van der Waals surface area contributed by atoms with Crippen molar-refractivity contribution in [3.63, 3.8) is 0 Å². The maximum atomic E-state index is 11.7. The van der Waals surface area contributed by atoms with Crippen molar-refractivity contribution in [3.05, 3.63) is 49.0 Å². The molecule has 0 bridgehead atoms. The topological polar surface area (TPSA) is 72.7 Å². The van der Waals surface area contributed by atoms with Crippen molar-refractivity contribution in [3.8, 4) is 0 Å². The first-order chi connectivity index (χ1) is 8.40. The van der Waals surface area contributed by atoms with Crippen molar-refractivity contribution in [2.24, 2.45) is 7.05 Å². The van der Waals surface area contributed by atoms with E-state index in [0.717, 1.165) is 21.5 Å². The van der Waals surface area contributed by atoms with Crippen LogP contribution in [0.2, 0.25) is 5.15 Å². The monoisotopic (exact) mass is 268 g/mol. The molecule has 18 heavy (non-hydrogen) atoms. The Balaban J connectivity index is 2.53. The fraction of sp³-hybridized carbons (Fsp3) is 0.364. The molecule has 0 radical (unpaired) electrons. The molecule has 0 amide bonds. The summed E-state index contributed by atoms with van der Waals surface area (Å²) in [4.78, 5) is 25.8. The van der Waals surface area contributed by atoms with Crippen LogP contribution in [0.1, 0.15) is 17.0 Å². The van der Waals surface area contributed by atoms with Gasteiger partial charge in [-0.05, 0) is 13.8 Å². The molecule has 0 aromatic carbocycles. The van der Waals surface area contributed by atoms with E-state index in [9.17, 15) is 9.59 Å². The van der Waals surface area contributed by atoms with E-state index in [1.807, 2.05) is 20.9 Å². The van der Waals surface area contributed by atoms with Gasteiger partial charge in [0.25, 0.3) is 5.56 Å². The van der Waals surface area contributed by atoms with E-state index in [2.05, 4.69) is 10.1 Å². The van der Waals surface area contributed by atoms with Crippen molar-refractivity contribution in [1.82, 2.24) is 19.3 Å². The molecule has 2 aromatic heterocycles. The molecule has 0 spiro atoms. The van der Waals surface area contributed by atoms with Gasteiger partial charge in [0.05, 0.1) is 12.2 Å². The third kappa shape index (κ3) is 2.11. The van der Waals surface area contributed by atoms with Gasteiger partial charge in [-0.2, -0.15) is 5.10 Å². The molecule has 0 atom stereocenters. The highest BCUT2D eigenvalue weighted by atomic mass is 35.5. The highest BCUT2D eigenvalue weighted by Gasteiger charge is 2.12. The lowest BCUT2D eigenvalue weighted by Gasteiger charge is -2.05. The Morgan fingerprint density at radius 3 is 2.56 bits per heavy atom. The van der Waals surface area contributed by atoms with Gasteiger partial charge in [-0.25, -0.2) is 4.79 Å². The van der Waals surface area contributed by atoms with Crippen molar-refractivity contribution in [2.45, 2.75) is 20.4 Å². The number of hydrogen-bond donors (Lipinski definition) is 1. The number of nitrogens with one attached hydrogen (secondary N) is 1. The van der Waals surface area contributed by atoms with Crippen LogP contribution in [0.25, 0.3) is 0 Å². The molecule has 0 aliphatic heterocycles. The van der Waals surface area contributed by atoms with Crippen LogP contribution in [-0.2, 0) is 13.6 Å². The smallest absolute Gasteiger partial charge is 0.298 e. The van der Waals surface area contributed by atoms with Gasteiger partial charge in [0.2, 0.25) is 0 Å². The molecule has 0 saturated carbocycles. The maximum absolute atomic E-state index is 11.7. The van der Waals surface area contributed by atoms with Crippen LogP contribution in [-0.4, -0.2) is 19.3 Å². The van der Waals surface area contributed by atoms with E-state index in [1.165, 1.54) is 6.07 Å². The quantitative estimate of drug-likeness (QED) is 0.810. The standard InChI is InChI=1S/C11H13ClN4O2/c1-6-8(7(2)15(3)14-6)5-16-10(17)4-9(12)13-11(16)18/h4H,5H2,1-3H3,(H,13,18). The number of nitrogens with zero attached hydrogens (tertiary/aromatic N) is 3. The molecule has 7 heteroatoms. The molecule has 0 unspecified atom stereocenters. The fourth-order valence-corrected chi connectivity index (χ4v) is 2.02. The number of aromatic amines is 1. The van der Waals surface area contributed by atoms with E-state index >= 15 is 0 Å². The fourth-order valence-electron chi connectivity index (χ4n) is 1.85. The minimum atomic E-state index is -0.518. The minimum Gasteiger partial charge on any atom is -0.298 e. The largest absolute Gasteiger partial charge is 0.329 e. The van der Waals surface area contributed by atoms with Crippen LogP contribution in [0.15, 0.2) is 15.7 Å². The molecule has 2 rings (SSSR count). The predicted octanol–water partition coefficient (Wildman–Crippen LogP) is 0.589. The first kappa shape index (κ1) is 12.6. The second-order valence-corrected chi connectivity index (χ2v) is 4.53. The van der Waals surface area contributed by atoms with E-state index in [-0.39, 0.29) is 11.7 Å². The lowest BCUT2D eigenvalue weighted by molar-refractivity contribution is 0.689. The van der Waals surface area contributed by atoms with Crippen molar-refractivity contribution >= 4 is 11.6 Å². The zero-order valence-electron chi connectivity index (χ0n) is 10.3. The molecule has 0 saturated heterocycles. The highest BCUT2D eigenvalue weighted by molar-refractivity contribution is 6.29. The van der Waals surface area contributed by atoms with E-state index in [1.54, 1.807) is 4.68 Å². The third-order valence-electron chi connectivity index (χ3n) is 2.96. The van der Waals surface area contributed by atoms with Crippen LogP contribution in [0.4, 0.5) is 0 Å². The van der Waals surface area contributed by atoms with Crippen LogP contribution < -0.4 is 11.2 Å². The normalized spacial score (nSPS) is 10.9. The zero-order chi connectivity index (χ0) is 13.4. The van der Waals surface area contributed by atoms with Gasteiger partial charge in [-0.15, -0.1) is 0 Å². The summed E-state index contributed by atoms with van der Waals surface area (Å²) in [7, 11) is 1.82. The summed E-state index contributed by atoms with van der Waals surface area (Å²) in [5.41, 5.74) is 1.65. The van der Waals surface area contributed by atoms with Crippen molar-refractivity contribution in [2.75, 3.05) is 0 Å². The van der Waals surface area contributed by atoms with Gasteiger partial charge in [-0.1, -0.05) is 11.6 Å². The highest BCUT2D eigenvalue weighted by Crippen LogP contribution is 2.12. The lowest BCUT2D eigenvalue weighted by atomic mass is 10.2. The van der Waals surface area contributed by atoms with Gasteiger partial charge in [0, 0.05) is 24.4 Å². The number of rotatable bonds is 2. The summed E-state index contributed by atoms with van der Waals surface area (Å²) in [6.45, 7) is 3.93. The zero-order valence-corrected chi connectivity index (χ0v) is 11.1. The summed E-state index contributed by atoms with van der Waals surface area (Å²) in [6.07, 6.45) is 0. The Hall–Kier alpha value is -1.82. The molecule has 96 valence electrons. The summed E-state index contributed by atoms with van der Waals surface area (Å²) >= 11 is 5.61. The Kier molecular flexibility index (Phi) is 3.13. The first-order valence-electron chi connectivity index (χ1n) is 5.39. The number of aryl methyl sites for hydroxylation is 2. The minimum absolute atomic E-state index is 0.0425. The van der Waals surface area contributed by atoms with Crippen LogP contribution in [0, 0.1) is 13.8 Å². The van der Waals surface area contributed by atoms with Crippen molar-refractivity contribution < 1.29 is 0 Å². The molecule has 0 fully saturated rings. The molecular weight excluding hydrogens is 256 g/mol. The van der Waals surface area contributed by atoms with E-state index in [4.69, 9.17) is 11.6 Å². The number of H-pyrrole nitrogens is 1. The Morgan fingerprint density at radius 2 is 2.06 bits per heavy atom. The van der Waals surface area contributed by atoms with Gasteiger partial charge in [0.15, 0.2) is 0 Å². The molecule has 0 aliphatic carbocycles. The summed E-state index contributed by atoms with van der Waals surface area (Å²) in [6, 6.07) is 1.18. The SMILES string of the molecule is Cc1nn(C)c(C)c1Cn1c(=O)cc(Cl)[nH]c1=O. The lowest BCUT2D eigenvalue weighted by Crippen LogP contribution is -2.35. The predicted molar refractivity (Wildman–Crippen MR) is 68.1 cm³/mol. The Bertz CT molecular complexity index is 680. The number of aromatic nitrogens is 4. The van der Waals surface area contributed by atoms with E-state index in [0.29, 0.717) is 0 Å². The Morgan fingerprint density at radius 1 is 1.39 bits per heavy atom. The summed E-state index contributed by atoms with van der Waals surface area (Å²) in [5.74, 6) is 0. The van der Waals surface area contributed by atoms with Crippen molar-refractivity contribution in [1.29, 1.82) is 0 Å². The average Bonchev–Trinajstić information content (AvgIpc) is 2.48. The van der Waals surface area contributed by atoms with Crippen LogP contribution in [0.5, 0.6) is 0 Å². The maximum Gasteiger partial charge on any atom is 0.329 e. The van der Waals surface area contributed by atoms with Gasteiger partial charge < -0.3 is 0 Å². The Labute approximate surface area is 108 Å². The average molecular weight is 269 g/mol. The van der Waals surface area contributed by atoms with Gasteiger partial charge in [0.1, 0.15) is 5.15 Å². The molecule has 0 aliphatic rings. The molecule has 1 N–H and O–H groups in total. The number of hydrogen-bond acceptors (Lipinski definition) is 3. The van der Waals surface area contributed by atoms with Crippen LogP contribution in [0.3, 0.4) is 0 Å². The van der Waals surface area contributed by atoms with Gasteiger partial charge >= 0.3 is 5.69 Å². The first-order valence-corrected chi connectivity index (χ1v) is 5.76.